The molecule has 148 heavy (non-hydrogen) atoms. The smallest absolute Gasteiger partial charge is 0.135 e. The number of nitrogens with zero attached hydrogens (tertiary/aromatic N) is 4. The maximum atomic E-state index is 6.39. The van der Waals surface area contributed by atoms with E-state index < -0.39 is 10.8 Å². The number of hydrogen-bond donors (Lipinski definition) is 0. The van der Waals surface area contributed by atoms with E-state index in [9.17, 15) is 0 Å². The minimum atomic E-state index is -0.763. The molecule has 24 aromatic carbocycles. The minimum Gasteiger partial charge on any atom is -0.456 e. The van der Waals surface area contributed by atoms with Gasteiger partial charge in [0.25, 0.3) is 0 Å². The van der Waals surface area contributed by atoms with Gasteiger partial charge in [-0.3, -0.25) is 0 Å². The number of hydrogen-bond acceptors (Lipinski definition) is 4. The average Bonchev–Trinajstić information content (AvgIpc) is 1.49. The van der Waals surface area contributed by atoms with Crippen molar-refractivity contribution in [3.05, 3.63) is 566 Å². The van der Waals surface area contributed by atoms with Gasteiger partial charge in [-0.25, -0.2) is 0 Å². The van der Waals surface area contributed by atoms with Gasteiger partial charge >= 0.3 is 0 Å². The van der Waals surface area contributed by atoms with Crippen LogP contribution in [0.25, 0.3) is 219 Å². The second-order valence-corrected chi connectivity index (χ2v) is 41.1. The summed E-state index contributed by atoms with van der Waals surface area (Å²) in [5, 5.41) is 14.5. The highest BCUT2D eigenvalue weighted by Gasteiger charge is 2.54. The van der Waals surface area contributed by atoms with Crippen molar-refractivity contribution in [3.8, 4) is 112 Å². The number of furan rings is 1. The van der Waals surface area contributed by atoms with Crippen LogP contribution in [0.5, 0.6) is 0 Å². The van der Waals surface area contributed by atoms with Crippen LogP contribution in [0.15, 0.2) is 526 Å². The molecule has 0 saturated heterocycles. The largest absolute Gasteiger partial charge is 0.456 e. The van der Waals surface area contributed by atoms with Crippen LogP contribution in [0.2, 0.25) is 0 Å². The fourth-order valence-corrected chi connectivity index (χ4v) is 28.2. The molecule has 6 heteroatoms. The number of anilines is 6. The molecule has 6 heterocycles. The van der Waals surface area contributed by atoms with Crippen molar-refractivity contribution in [1.29, 1.82) is 0 Å². The molecule has 686 valence electrons. The summed E-state index contributed by atoms with van der Waals surface area (Å²) in [6, 6.07) is 197. The number of rotatable bonds is 13. The van der Waals surface area contributed by atoms with Crippen LogP contribution in [0.3, 0.4) is 0 Å². The van der Waals surface area contributed by atoms with Gasteiger partial charge in [0, 0.05) is 86.1 Å². The van der Waals surface area contributed by atoms with E-state index in [1.165, 1.54) is 202 Å². The van der Waals surface area contributed by atoms with E-state index in [1.807, 2.05) is 17.4 Å². The molecule has 2 atom stereocenters. The van der Waals surface area contributed by atoms with Crippen molar-refractivity contribution in [3.63, 3.8) is 0 Å². The molecule has 5 nitrogen and oxygen atoms in total. The number of para-hydroxylation sites is 8. The van der Waals surface area contributed by atoms with Gasteiger partial charge in [-0.05, 0) is 247 Å². The molecule has 28 aromatic rings. The van der Waals surface area contributed by atoms with E-state index in [2.05, 4.69) is 535 Å². The predicted molar refractivity (Wildman–Crippen MR) is 619 cm³/mol. The third-order valence-corrected chi connectivity index (χ3v) is 34.2. The molecule has 2 unspecified atom stereocenters. The minimum absolute atomic E-state index is 0.669. The van der Waals surface area contributed by atoms with Gasteiger partial charge in [0.05, 0.1) is 67.0 Å². The van der Waals surface area contributed by atoms with Gasteiger partial charge in [-0.2, -0.15) is 0 Å². The standard InChI is InChI=1S/C142H86N4OS/c1-3-37-95-88(33-1)35-25-51-99(95)101-39-5-7-41-103(101)105-43-11-19-64-124(105)143(93-79-73-87(74-80-93)91-77-83-133-114(85-91)108-46-14-24-72-132(108)147-133)130-70-32-61-121-137(130)112-48-10-16-57-117(112)142(121)119-59-18-23-68-128(119)146-129-69-30-49-97(135(129)113-55-29-63-123(142)139(113)146)92-78-84-134-115(86-92)110-54-27-50-98(140(110)148-134)90-75-81-94(82-76-90)144(125-65-20-12-44-106(125)104-42-8-6-40-102(104)100-52-26-36-89-34-2-4-38-96(89)100)131-71-31-60-120-136(131)111-47-9-15-56-116(111)141(120)118-58-17-22-67-127(118)145-126-66-21-13-45-107(126)109-53-28-62-122(141)138(109)145/h1-86H. The van der Waals surface area contributed by atoms with E-state index in [1.54, 1.807) is 0 Å². The molecule has 2 spiro atoms. The number of aromatic nitrogens is 2. The van der Waals surface area contributed by atoms with Crippen molar-refractivity contribution in [2.75, 3.05) is 9.80 Å². The number of benzene rings is 24. The van der Waals surface area contributed by atoms with Gasteiger partial charge in [0.1, 0.15) is 11.2 Å². The molecule has 0 saturated carbocycles. The summed E-state index contributed by atoms with van der Waals surface area (Å²) in [5.41, 5.74) is 45.3. The highest BCUT2D eigenvalue weighted by atomic mass is 32.1. The van der Waals surface area contributed by atoms with E-state index >= 15 is 0 Å². The Hall–Kier alpha value is -19.0. The van der Waals surface area contributed by atoms with Gasteiger partial charge in [-0.15, -0.1) is 11.3 Å². The summed E-state index contributed by atoms with van der Waals surface area (Å²) in [4.78, 5) is 5.15. The number of fused-ring (bicyclic) bond motifs is 32. The lowest BCUT2D eigenvalue weighted by molar-refractivity contribution is 0.669. The quantitative estimate of drug-likeness (QED) is 0.115. The molecule has 4 aromatic heterocycles. The number of thiophene rings is 1. The van der Waals surface area contributed by atoms with Gasteiger partial charge in [0.2, 0.25) is 0 Å². The van der Waals surface area contributed by atoms with Crippen molar-refractivity contribution in [2.24, 2.45) is 0 Å². The molecular weight excluding hydrogens is 1810 g/mol. The molecule has 0 N–H and O–H groups in total. The first-order chi connectivity index (χ1) is 73.5. The first-order valence-corrected chi connectivity index (χ1v) is 52.1. The summed E-state index contributed by atoms with van der Waals surface area (Å²) in [5.74, 6) is 0. The lowest BCUT2D eigenvalue weighted by atomic mass is 9.65. The van der Waals surface area contributed by atoms with E-state index in [4.69, 9.17) is 4.42 Å². The molecule has 0 amide bonds. The maximum Gasteiger partial charge on any atom is 0.135 e. The van der Waals surface area contributed by atoms with E-state index in [0.29, 0.717) is 0 Å². The van der Waals surface area contributed by atoms with Crippen LogP contribution in [0.1, 0.15) is 44.5 Å². The van der Waals surface area contributed by atoms with Crippen LogP contribution < -0.4 is 9.80 Å². The molecule has 0 fully saturated rings. The van der Waals surface area contributed by atoms with Crippen LogP contribution in [-0.4, -0.2) is 9.13 Å². The maximum absolute atomic E-state index is 6.39. The molecule has 32 rings (SSSR count). The third kappa shape index (κ3) is 11.5. The lowest BCUT2D eigenvalue weighted by Crippen LogP contribution is -2.33. The van der Waals surface area contributed by atoms with E-state index in [0.717, 1.165) is 95.0 Å². The van der Waals surface area contributed by atoms with Crippen molar-refractivity contribution >= 4 is 153 Å². The SMILES string of the molecule is c1ccc(-c2cccc3ccccc23)c(-c2ccccc2N(c2ccc(-c3cccc4c3sc3ccc(-c5cccc6c5c5cccc7c5n6-c5ccccc5C75c6ccccc6-c6c(N(c7ccc(-c8ccc9oc%10ccccc%10c9c8)cc7)c7ccccc7-c7ccccc7-c7cccc8ccccc78)cccc65)cc34)cc2)c2cccc3c2-c2ccccc2C32c3ccccc3-n3c4ccccc4c4cccc2c43)c1. The van der Waals surface area contributed by atoms with Gasteiger partial charge in [0.15, 0.2) is 0 Å². The zero-order chi connectivity index (χ0) is 96.7. The first-order valence-electron chi connectivity index (χ1n) is 51.2. The average molecular weight is 1900 g/mol. The third-order valence-electron chi connectivity index (χ3n) is 33.0. The predicted octanol–water partition coefficient (Wildman–Crippen LogP) is 38.4. The molecular formula is C142H86N4OS. The molecule has 2 aliphatic carbocycles. The summed E-state index contributed by atoms with van der Waals surface area (Å²) >= 11 is 1.89. The Morgan fingerprint density at radius 3 is 1.18 bits per heavy atom. The fraction of sp³-hybridized carbons (Fsp3) is 0.0141. The van der Waals surface area contributed by atoms with Gasteiger partial charge < -0.3 is 23.4 Å². The normalized spacial score (nSPS) is 14.4. The zero-order valence-electron chi connectivity index (χ0n) is 80.3. The zero-order valence-corrected chi connectivity index (χ0v) is 81.1. The van der Waals surface area contributed by atoms with Crippen LogP contribution in [0.4, 0.5) is 34.1 Å². The lowest BCUT2D eigenvalue weighted by Gasteiger charge is -2.39. The Bertz CT molecular complexity index is 10600. The van der Waals surface area contributed by atoms with Crippen molar-refractivity contribution in [1.82, 2.24) is 9.13 Å². The summed E-state index contributed by atoms with van der Waals surface area (Å²) < 4.78 is 14.0. The first kappa shape index (κ1) is 82.6. The molecule has 0 bridgehead atoms. The van der Waals surface area contributed by atoms with E-state index in [-0.39, 0.29) is 0 Å². The van der Waals surface area contributed by atoms with Crippen molar-refractivity contribution in [2.45, 2.75) is 10.8 Å². The second kappa shape index (κ2) is 31.8. The fourth-order valence-electron chi connectivity index (χ4n) is 27.0. The highest BCUT2D eigenvalue weighted by Crippen LogP contribution is 2.68. The monoisotopic (exact) mass is 1890 g/mol. The van der Waals surface area contributed by atoms with Crippen molar-refractivity contribution < 1.29 is 4.42 Å². The Morgan fingerprint density at radius 2 is 0.574 bits per heavy atom. The van der Waals surface area contributed by atoms with Crippen LogP contribution >= 0.6 is 11.3 Å². The Morgan fingerprint density at radius 1 is 0.203 bits per heavy atom. The molecule has 2 aliphatic heterocycles. The second-order valence-electron chi connectivity index (χ2n) is 40.1. The Labute approximate surface area is 858 Å². The van der Waals surface area contributed by atoms with Crippen LogP contribution in [0, 0.1) is 0 Å². The summed E-state index contributed by atoms with van der Waals surface area (Å²) in [7, 11) is 0. The molecule has 4 aliphatic rings. The summed E-state index contributed by atoms with van der Waals surface area (Å²) in [6.07, 6.45) is 0. The highest BCUT2D eigenvalue weighted by molar-refractivity contribution is 7.26. The Kier molecular flexibility index (Phi) is 17.7. The van der Waals surface area contributed by atoms with Crippen LogP contribution in [-0.2, 0) is 10.8 Å². The topological polar surface area (TPSA) is 29.5 Å². The van der Waals surface area contributed by atoms with Gasteiger partial charge in [-0.1, -0.05) is 419 Å². The Balaban J connectivity index is 0.540. The summed E-state index contributed by atoms with van der Waals surface area (Å²) in [6.45, 7) is 0. The molecule has 0 radical (unpaired) electrons.